The first-order valence-corrected chi connectivity index (χ1v) is 10.8. The van der Waals surface area contributed by atoms with Gasteiger partial charge >= 0.3 is 0 Å². The third-order valence-electron chi connectivity index (χ3n) is 5.74. The van der Waals surface area contributed by atoms with Gasteiger partial charge in [-0.25, -0.2) is 9.37 Å². The van der Waals surface area contributed by atoms with Crippen molar-refractivity contribution in [3.05, 3.63) is 84.5 Å². The van der Waals surface area contributed by atoms with Gasteiger partial charge in [-0.05, 0) is 36.2 Å². The summed E-state index contributed by atoms with van der Waals surface area (Å²) in [6.07, 6.45) is 2.11. The molecule has 0 bridgehead atoms. The van der Waals surface area contributed by atoms with Crippen LogP contribution in [0.4, 0.5) is 15.9 Å². The smallest absolute Gasteiger partial charge is 0.194 e. The molecule has 1 fully saturated rings. The number of halogens is 1. The number of ether oxygens (including phenoxy) is 1. The van der Waals surface area contributed by atoms with Crippen LogP contribution in [0.15, 0.2) is 73.1 Å². The van der Waals surface area contributed by atoms with Crippen LogP contribution in [0.2, 0.25) is 0 Å². The second-order valence-corrected chi connectivity index (χ2v) is 8.04. The van der Waals surface area contributed by atoms with Crippen molar-refractivity contribution in [2.24, 2.45) is 5.92 Å². The Hall–Kier alpha value is -3.91. The third-order valence-corrected chi connectivity index (χ3v) is 5.74. The number of para-hydroxylation sites is 1. The number of phenols is 1. The van der Waals surface area contributed by atoms with Crippen LogP contribution in [-0.2, 0) is 11.3 Å². The van der Waals surface area contributed by atoms with E-state index >= 15 is 0 Å². The number of nitrogens with zero attached hydrogens (tertiary/aromatic N) is 3. The summed E-state index contributed by atoms with van der Waals surface area (Å²) < 4.78 is 21.2. The quantitative estimate of drug-likeness (QED) is 0.379. The van der Waals surface area contributed by atoms with E-state index in [-0.39, 0.29) is 11.4 Å². The van der Waals surface area contributed by atoms with Crippen LogP contribution in [0.3, 0.4) is 0 Å². The minimum Gasteiger partial charge on any atom is -0.507 e. The molecule has 168 valence electrons. The maximum Gasteiger partial charge on any atom is 0.194 e. The predicted octanol–water partition coefficient (Wildman–Crippen LogP) is 4.82. The van der Waals surface area contributed by atoms with Crippen LogP contribution in [0.5, 0.6) is 5.75 Å². The lowest BCUT2D eigenvalue weighted by Gasteiger charge is -2.16. The second-order valence-electron chi connectivity index (χ2n) is 8.04. The average Bonchev–Trinajstić information content (AvgIpc) is 3.49. The Labute approximate surface area is 190 Å². The van der Waals surface area contributed by atoms with Gasteiger partial charge in [-0.3, -0.25) is 0 Å². The lowest BCUT2D eigenvalue weighted by Crippen LogP contribution is -2.11. The molecule has 4 aromatic rings. The van der Waals surface area contributed by atoms with Crippen molar-refractivity contribution in [2.45, 2.75) is 13.0 Å². The molecule has 1 saturated heterocycles. The average molecular weight is 445 g/mol. The number of phenolic OH excluding ortho intramolecular Hbond substituents is 1. The summed E-state index contributed by atoms with van der Waals surface area (Å²) in [4.78, 5) is 4.36. The fourth-order valence-electron chi connectivity index (χ4n) is 3.94. The van der Waals surface area contributed by atoms with E-state index in [4.69, 9.17) is 4.74 Å². The minimum atomic E-state index is -0.532. The van der Waals surface area contributed by atoms with Gasteiger partial charge in [-0.2, -0.15) is 9.61 Å². The maximum atomic E-state index is 14.3. The molecule has 7 nitrogen and oxygen atoms in total. The number of rotatable bonds is 7. The Morgan fingerprint density at radius 1 is 1.21 bits per heavy atom. The first kappa shape index (κ1) is 21.0. The molecule has 0 saturated carbocycles. The highest BCUT2D eigenvalue weighted by Crippen LogP contribution is 2.30. The normalized spacial score (nSPS) is 15.6. The number of hydrogen-bond donors (Lipinski definition) is 3. The van der Waals surface area contributed by atoms with Crippen LogP contribution in [-0.4, -0.2) is 32.9 Å². The number of nitrogens with one attached hydrogen (secondary N) is 2. The lowest BCUT2D eigenvalue weighted by atomic mass is 10.1. The lowest BCUT2D eigenvalue weighted by molar-refractivity contribution is 0.190. The second kappa shape index (κ2) is 8.91. The molecule has 8 heteroatoms. The Balaban J connectivity index is 1.38. The monoisotopic (exact) mass is 445 g/mol. The SMILES string of the molecule is C=C(Nc1cccc(CNc2cc(-c3ccccc3O)nc3c(F)cnn23)c1)C1CCOC1. The highest BCUT2D eigenvalue weighted by atomic mass is 19.1. The van der Waals surface area contributed by atoms with Gasteiger partial charge in [0, 0.05) is 42.1 Å². The van der Waals surface area contributed by atoms with Crippen LogP contribution < -0.4 is 10.6 Å². The molecule has 5 rings (SSSR count). The molecule has 0 amide bonds. The summed E-state index contributed by atoms with van der Waals surface area (Å²) in [6, 6.07) is 16.6. The van der Waals surface area contributed by atoms with Crippen LogP contribution in [0, 0.1) is 11.7 Å². The molecule has 0 spiro atoms. The number of aromatic nitrogens is 3. The van der Waals surface area contributed by atoms with E-state index in [0.29, 0.717) is 36.1 Å². The Morgan fingerprint density at radius 2 is 2.09 bits per heavy atom. The molecule has 33 heavy (non-hydrogen) atoms. The predicted molar refractivity (Wildman–Crippen MR) is 126 cm³/mol. The van der Waals surface area contributed by atoms with Crippen molar-refractivity contribution in [1.82, 2.24) is 14.6 Å². The molecule has 1 aliphatic rings. The van der Waals surface area contributed by atoms with E-state index in [1.807, 2.05) is 24.3 Å². The fraction of sp³-hybridized carbons (Fsp3) is 0.200. The Bertz CT molecular complexity index is 1310. The van der Waals surface area contributed by atoms with Gasteiger partial charge < -0.3 is 20.5 Å². The van der Waals surface area contributed by atoms with Gasteiger partial charge in [-0.1, -0.05) is 30.8 Å². The number of benzene rings is 2. The van der Waals surface area contributed by atoms with Crippen LogP contribution >= 0.6 is 0 Å². The van der Waals surface area contributed by atoms with E-state index < -0.39 is 5.82 Å². The number of anilines is 2. The molecule has 0 aliphatic carbocycles. The molecular weight excluding hydrogens is 421 g/mol. The first-order chi connectivity index (χ1) is 16.1. The van der Waals surface area contributed by atoms with Crippen molar-refractivity contribution in [3.63, 3.8) is 0 Å². The Kier molecular flexibility index (Phi) is 5.66. The largest absolute Gasteiger partial charge is 0.507 e. The topological polar surface area (TPSA) is 83.7 Å². The third kappa shape index (κ3) is 4.38. The van der Waals surface area contributed by atoms with Crippen molar-refractivity contribution >= 4 is 17.2 Å². The van der Waals surface area contributed by atoms with Crippen molar-refractivity contribution in [2.75, 3.05) is 23.8 Å². The van der Waals surface area contributed by atoms with Gasteiger partial charge in [0.05, 0.1) is 18.5 Å². The summed E-state index contributed by atoms with van der Waals surface area (Å²) in [5.74, 6) is 0.426. The summed E-state index contributed by atoms with van der Waals surface area (Å²) in [7, 11) is 0. The van der Waals surface area contributed by atoms with Crippen LogP contribution in [0.25, 0.3) is 16.9 Å². The zero-order valence-corrected chi connectivity index (χ0v) is 18.0. The molecule has 2 aromatic heterocycles. The molecule has 3 N–H and O–H groups in total. The fourth-order valence-corrected chi connectivity index (χ4v) is 3.94. The van der Waals surface area contributed by atoms with Gasteiger partial charge in [0.25, 0.3) is 0 Å². The maximum absolute atomic E-state index is 14.3. The van der Waals surface area contributed by atoms with Crippen molar-refractivity contribution < 1.29 is 14.2 Å². The number of fused-ring (bicyclic) bond motifs is 1. The molecule has 3 heterocycles. The highest BCUT2D eigenvalue weighted by molar-refractivity contribution is 5.71. The molecule has 0 radical (unpaired) electrons. The van der Waals surface area contributed by atoms with E-state index in [1.165, 1.54) is 4.52 Å². The highest BCUT2D eigenvalue weighted by Gasteiger charge is 2.19. The standard InChI is InChI=1S/C25H24FN5O2/c1-16(18-9-10-33-15-18)29-19-6-4-5-17(11-19)13-27-24-12-22(20-7-2-3-8-23(20)32)30-25-21(26)14-28-31(24)25/h2-8,11-12,14,18,27,29,32H,1,9-10,13,15H2. The van der Waals surface area contributed by atoms with Crippen LogP contribution in [0.1, 0.15) is 12.0 Å². The van der Waals surface area contributed by atoms with E-state index in [0.717, 1.165) is 36.2 Å². The van der Waals surface area contributed by atoms with E-state index in [2.05, 4.69) is 27.3 Å². The summed E-state index contributed by atoms with van der Waals surface area (Å²) in [5, 5.41) is 21.1. The number of aromatic hydroxyl groups is 1. The Morgan fingerprint density at radius 3 is 2.91 bits per heavy atom. The van der Waals surface area contributed by atoms with Gasteiger partial charge in [0.2, 0.25) is 0 Å². The van der Waals surface area contributed by atoms with Crippen molar-refractivity contribution in [3.8, 4) is 17.0 Å². The van der Waals surface area contributed by atoms with Gasteiger partial charge in [0.1, 0.15) is 11.6 Å². The minimum absolute atomic E-state index is 0.0758. The zero-order valence-electron chi connectivity index (χ0n) is 18.0. The summed E-state index contributed by atoms with van der Waals surface area (Å²) in [5.41, 5.74) is 3.98. The molecule has 1 atom stereocenters. The van der Waals surface area contributed by atoms with Gasteiger partial charge in [-0.15, -0.1) is 0 Å². The zero-order chi connectivity index (χ0) is 22.8. The van der Waals surface area contributed by atoms with E-state index in [9.17, 15) is 9.50 Å². The van der Waals surface area contributed by atoms with E-state index in [1.54, 1.807) is 30.3 Å². The molecular formula is C25H24FN5O2. The number of hydrogen-bond acceptors (Lipinski definition) is 6. The molecule has 1 aliphatic heterocycles. The first-order valence-electron chi connectivity index (χ1n) is 10.8. The van der Waals surface area contributed by atoms with Crippen molar-refractivity contribution in [1.29, 1.82) is 0 Å². The summed E-state index contributed by atoms with van der Waals surface area (Å²) >= 11 is 0. The molecule has 2 aromatic carbocycles. The van der Waals surface area contributed by atoms with Gasteiger partial charge in [0.15, 0.2) is 11.5 Å². The molecule has 1 unspecified atom stereocenters. The summed E-state index contributed by atoms with van der Waals surface area (Å²) in [6.45, 7) is 6.11.